The van der Waals surface area contributed by atoms with Gasteiger partial charge < -0.3 is 9.64 Å². The lowest BCUT2D eigenvalue weighted by Crippen LogP contribution is -2.46. The Morgan fingerprint density at radius 1 is 1.35 bits per heavy atom. The molecule has 5 nitrogen and oxygen atoms in total. The van der Waals surface area contributed by atoms with Crippen LogP contribution in [0, 0.1) is 6.92 Å². The summed E-state index contributed by atoms with van der Waals surface area (Å²) in [5.74, 6) is 0.440. The van der Waals surface area contributed by atoms with Crippen LogP contribution in [0.3, 0.4) is 0 Å². The van der Waals surface area contributed by atoms with E-state index in [2.05, 4.69) is 0 Å². The van der Waals surface area contributed by atoms with Gasteiger partial charge in [-0.2, -0.15) is 0 Å². The van der Waals surface area contributed by atoms with Crippen LogP contribution in [0.15, 0.2) is 18.2 Å². The SMILES string of the molecule is CCN(CC)C(=O)CN1C(=O)COc2cc(C)ccc21. The van der Waals surface area contributed by atoms with Gasteiger partial charge in [-0.05, 0) is 38.5 Å². The highest BCUT2D eigenvalue weighted by atomic mass is 16.5. The molecule has 1 aromatic rings. The smallest absolute Gasteiger partial charge is 0.265 e. The number of carbonyl (C=O) groups is 2. The molecule has 0 spiro atoms. The Kier molecular flexibility index (Phi) is 4.27. The van der Waals surface area contributed by atoms with Crippen molar-refractivity contribution >= 4 is 17.5 Å². The third-order valence-electron chi connectivity index (χ3n) is 3.47. The van der Waals surface area contributed by atoms with Crippen molar-refractivity contribution in [2.45, 2.75) is 20.8 Å². The summed E-state index contributed by atoms with van der Waals surface area (Å²) in [7, 11) is 0. The molecule has 0 unspecified atom stereocenters. The molecule has 5 heteroatoms. The maximum Gasteiger partial charge on any atom is 0.265 e. The third-order valence-corrected chi connectivity index (χ3v) is 3.47. The molecule has 1 heterocycles. The first-order chi connectivity index (χ1) is 9.56. The van der Waals surface area contributed by atoms with E-state index in [1.54, 1.807) is 4.90 Å². The number of carbonyl (C=O) groups excluding carboxylic acids is 2. The molecule has 108 valence electrons. The fraction of sp³-hybridized carbons (Fsp3) is 0.467. The molecule has 0 atom stereocenters. The number of rotatable bonds is 4. The van der Waals surface area contributed by atoms with Crippen molar-refractivity contribution in [3.8, 4) is 5.75 Å². The molecule has 1 aromatic carbocycles. The van der Waals surface area contributed by atoms with Gasteiger partial charge in [0, 0.05) is 13.1 Å². The lowest BCUT2D eigenvalue weighted by molar-refractivity contribution is -0.131. The molecule has 0 fully saturated rings. The highest BCUT2D eigenvalue weighted by molar-refractivity contribution is 6.02. The summed E-state index contributed by atoms with van der Waals surface area (Å²) in [6.07, 6.45) is 0. The fourth-order valence-electron chi connectivity index (χ4n) is 2.30. The van der Waals surface area contributed by atoms with E-state index in [9.17, 15) is 9.59 Å². The summed E-state index contributed by atoms with van der Waals surface area (Å²) in [5.41, 5.74) is 1.74. The molecule has 0 bridgehead atoms. The first-order valence-electron chi connectivity index (χ1n) is 6.88. The molecule has 1 aliphatic heterocycles. The highest BCUT2D eigenvalue weighted by Gasteiger charge is 2.28. The Bertz CT molecular complexity index is 524. The third kappa shape index (κ3) is 2.76. The summed E-state index contributed by atoms with van der Waals surface area (Å²) in [6.45, 7) is 7.18. The number of anilines is 1. The Labute approximate surface area is 119 Å². The predicted molar refractivity (Wildman–Crippen MR) is 77.0 cm³/mol. The van der Waals surface area contributed by atoms with Gasteiger partial charge in [-0.25, -0.2) is 0 Å². The standard InChI is InChI=1S/C15H20N2O3/c1-4-16(5-2)14(18)9-17-12-7-6-11(3)8-13(12)20-10-15(17)19/h6-8H,4-5,9-10H2,1-3H3. The van der Waals surface area contributed by atoms with E-state index < -0.39 is 0 Å². The highest BCUT2D eigenvalue weighted by Crippen LogP contribution is 2.32. The van der Waals surface area contributed by atoms with Crippen molar-refractivity contribution in [2.24, 2.45) is 0 Å². The first-order valence-corrected chi connectivity index (χ1v) is 6.88. The van der Waals surface area contributed by atoms with Crippen LogP contribution in [0.4, 0.5) is 5.69 Å². The second kappa shape index (κ2) is 5.94. The molecular formula is C15H20N2O3. The lowest BCUT2D eigenvalue weighted by Gasteiger charge is -2.30. The molecule has 0 saturated carbocycles. The molecule has 0 radical (unpaired) electrons. The minimum Gasteiger partial charge on any atom is -0.482 e. The summed E-state index contributed by atoms with van der Waals surface area (Å²) < 4.78 is 5.43. The number of benzene rings is 1. The molecule has 20 heavy (non-hydrogen) atoms. The largest absolute Gasteiger partial charge is 0.482 e. The van der Waals surface area contributed by atoms with E-state index in [1.807, 2.05) is 39.0 Å². The number of ether oxygens (including phenoxy) is 1. The van der Waals surface area contributed by atoms with Gasteiger partial charge >= 0.3 is 0 Å². The van der Waals surface area contributed by atoms with Gasteiger partial charge in [0.05, 0.1) is 5.69 Å². The van der Waals surface area contributed by atoms with Gasteiger partial charge in [-0.1, -0.05) is 6.07 Å². The number of hydrogen-bond donors (Lipinski definition) is 0. The lowest BCUT2D eigenvalue weighted by atomic mass is 10.1. The zero-order valence-corrected chi connectivity index (χ0v) is 12.2. The van der Waals surface area contributed by atoms with Gasteiger partial charge in [-0.15, -0.1) is 0 Å². The minimum absolute atomic E-state index is 0.0119. The monoisotopic (exact) mass is 276 g/mol. The number of likely N-dealkylation sites (N-methyl/N-ethyl adjacent to an activating group) is 1. The number of nitrogens with zero attached hydrogens (tertiary/aromatic N) is 2. The zero-order chi connectivity index (χ0) is 14.7. The van der Waals surface area contributed by atoms with Crippen molar-refractivity contribution in [1.29, 1.82) is 0 Å². The van der Waals surface area contributed by atoms with Crippen LogP contribution in [-0.2, 0) is 9.59 Å². The Morgan fingerprint density at radius 3 is 2.70 bits per heavy atom. The van der Waals surface area contributed by atoms with E-state index in [0.29, 0.717) is 24.5 Å². The molecule has 2 amide bonds. The summed E-state index contributed by atoms with van der Waals surface area (Å²) >= 11 is 0. The van der Waals surface area contributed by atoms with Crippen molar-refractivity contribution in [3.05, 3.63) is 23.8 Å². The number of fused-ring (bicyclic) bond motifs is 1. The number of hydrogen-bond acceptors (Lipinski definition) is 3. The van der Waals surface area contributed by atoms with E-state index in [0.717, 1.165) is 5.56 Å². The summed E-state index contributed by atoms with van der Waals surface area (Å²) in [4.78, 5) is 27.4. The molecule has 0 aromatic heterocycles. The molecule has 1 aliphatic rings. The van der Waals surface area contributed by atoms with Crippen LogP contribution in [0.2, 0.25) is 0 Å². The molecule has 0 aliphatic carbocycles. The van der Waals surface area contributed by atoms with Gasteiger partial charge in [0.15, 0.2) is 6.61 Å². The Balaban J connectivity index is 2.24. The average molecular weight is 276 g/mol. The molecular weight excluding hydrogens is 256 g/mol. The van der Waals surface area contributed by atoms with Gasteiger partial charge in [0.2, 0.25) is 5.91 Å². The Morgan fingerprint density at radius 2 is 2.05 bits per heavy atom. The molecule has 0 saturated heterocycles. The topological polar surface area (TPSA) is 49.9 Å². The van der Waals surface area contributed by atoms with Crippen LogP contribution in [-0.4, -0.2) is 43.0 Å². The summed E-state index contributed by atoms with van der Waals surface area (Å²) in [6, 6.07) is 5.63. The summed E-state index contributed by atoms with van der Waals surface area (Å²) in [5, 5.41) is 0. The van der Waals surface area contributed by atoms with Crippen LogP contribution in [0.5, 0.6) is 5.75 Å². The van der Waals surface area contributed by atoms with Crippen LogP contribution in [0.1, 0.15) is 19.4 Å². The van der Waals surface area contributed by atoms with Gasteiger partial charge in [0.25, 0.3) is 5.91 Å². The normalized spacial score (nSPS) is 13.8. The zero-order valence-electron chi connectivity index (χ0n) is 12.2. The van der Waals surface area contributed by atoms with Gasteiger partial charge in [-0.3, -0.25) is 14.5 Å². The van der Waals surface area contributed by atoms with E-state index in [4.69, 9.17) is 4.74 Å². The van der Waals surface area contributed by atoms with Crippen LogP contribution in [0.25, 0.3) is 0 Å². The van der Waals surface area contributed by atoms with Gasteiger partial charge in [0.1, 0.15) is 12.3 Å². The quantitative estimate of drug-likeness (QED) is 0.839. The Hall–Kier alpha value is -2.04. The number of aryl methyl sites for hydroxylation is 1. The average Bonchev–Trinajstić information content (AvgIpc) is 2.43. The minimum atomic E-state index is -0.179. The first kappa shape index (κ1) is 14.4. The molecule has 0 N–H and O–H groups in total. The van der Waals surface area contributed by atoms with Crippen molar-refractivity contribution in [2.75, 3.05) is 31.1 Å². The van der Waals surface area contributed by atoms with E-state index in [-0.39, 0.29) is 25.0 Å². The fourth-order valence-corrected chi connectivity index (χ4v) is 2.30. The second-order valence-electron chi connectivity index (χ2n) is 4.81. The second-order valence-corrected chi connectivity index (χ2v) is 4.81. The van der Waals surface area contributed by atoms with Crippen molar-refractivity contribution in [3.63, 3.8) is 0 Å². The predicted octanol–water partition coefficient (Wildman–Crippen LogP) is 1.59. The molecule has 2 rings (SSSR count). The van der Waals surface area contributed by atoms with Crippen LogP contribution < -0.4 is 9.64 Å². The van der Waals surface area contributed by atoms with Crippen molar-refractivity contribution in [1.82, 2.24) is 4.90 Å². The maximum absolute atomic E-state index is 12.2. The van der Waals surface area contributed by atoms with Crippen molar-refractivity contribution < 1.29 is 14.3 Å². The number of amides is 2. The maximum atomic E-state index is 12.2. The van der Waals surface area contributed by atoms with E-state index in [1.165, 1.54) is 4.90 Å². The van der Waals surface area contributed by atoms with E-state index >= 15 is 0 Å². The van der Waals surface area contributed by atoms with Crippen LogP contribution >= 0.6 is 0 Å².